The highest BCUT2D eigenvalue weighted by Gasteiger charge is 1.96. The van der Waals surface area contributed by atoms with Crippen molar-refractivity contribution in [3.63, 3.8) is 0 Å². The summed E-state index contributed by atoms with van der Waals surface area (Å²) < 4.78 is 0. The Labute approximate surface area is 89.7 Å². The Hall–Kier alpha value is -1.60. The first kappa shape index (κ1) is 9.94. The lowest BCUT2D eigenvalue weighted by Crippen LogP contribution is -1.91. The molecular formula is C14H14O. The second-order valence-corrected chi connectivity index (χ2v) is 3.67. The SMILES string of the molecule is C[C@H](O)/C=C/c1cccc2ccccc12. The molecule has 0 bridgehead atoms. The summed E-state index contributed by atoms with van der Waals surface area (Å²) in [5.41, 5.74) is 1.15. The fourth-order valence-corrected chi connectivity index (χ4v) is 1.64. The molecular weight excluding hydrogens is 184 g/mol. The van der Waals surface area contributed by atoms with Gasteiger partial charge in [-0.25, -0.2) is 0 Å². The molecule has 1 N–H and O–H groups in total. The molecule has 0 radical (unpaired) electrons. The number of hydrogen-bond acceptors (Lipinski definition) is 1. The fourth-order valence-electron chi connectivity index (χ4n) is 1.64. The molecule has 0 amide bonds. The van der Waals surface area contributed by atoms with Crippen molar-refractivity contribution in [3.05, 3.63) is 54.1 Å². The van der Waals surface area contributed by atoms with Crippen molar-refractivity contribution in [2.75, 3.05) is 0 Å². The Bertz CT molecular complexity index is 478. The van der Waals surface area contributed by atoms with Gasteiger partial charge in [0.05, 0.1) is 6.10 Å². The monoisotopic (exact) mass is 198 g/mol. The highest BCUT2D eigenvalue weighted by atomic mass is 16.3. The molecule has 0 heterocycles. The maximum absolute atomic E-state index is 9.20. The van der Waals surface area contributed by atoms with Crippen molar-refractivity contribution in [2.45, 2.75) is 13.0 Å². The smallest absolute Gasteiger partial charge is 0.0696 e. The maximum atomic E-state index is 9.20. The normalized spacial score (nSPS) is 13.5. The highest BCUT2D eigenvalue weighted by molar-refractivity contribution is 5.90. The predicted molar refractivity (Wildman–Crippen MR) is 64.7 cm³/mol. The number of fused-ring (bicyclic) bond motifs is 1. The van der Waals surface area contributed by atoms with Gasteiger partial charge >= 0.3 is 0 Å². The van der Waals surface area contributed by atoms with Crippen LogP contribution in [0.3, 0.4) is 0 Å². The van der Waals surface area contributed by atoms with Crippen LogP contribution < -0.4 is 0 Å². The molecule has 0 aliphatic carbocycles. The van der Waals surface area contributed by atoms with Gasteiger partial charge in [-0.15, -0.1) is 0 Å². The van der Waals surface area contributed by atoms with Crippen LogP contribution in [0.25, 0.3) is 16.8 Å². The number of benzene rings is 2. The zero-order valence-electron chi connectivity index (χ0n) is 8.72. The minimum Gasteiger partial charge on any atom is -0.389 e. The lowest BCUT2D eigenvalue weighted by atomic mass is 10.0. The second kappa shape index (κ2) is 4.28. The van der Waals surface area contributed by atoms with Crippen LogP contribution in [-0.2, 0) is 0 Å². The Morgan fingerprint density at radius 2 is 1.80 bits per heavy atom. The molecule has 0 saturated carbocycles. The van der Waals surface area contributed by atoms with E-state index >= 15 is 0 Å². The largest absolute Gasteiger partial charge is 0.389 e. The molecule has 0 aliphatic rings. The van der Waals surface area contributed by atoms with Gasteiger partial charge in [0.25, 0.3) is 0 Å². The summed E-state index contributed by atoms with van der Waals surface area (Å²) >= 11 is 0. The fraction of sp³-hybridized carbons (Fsp3) is 0.143. The average Bonchev–Trinajstić information content (AvgIpc) is 2.26. The van der Waals surface area contributed by atoms with Crippen LogP contribution in [0.2, 0.25) is 0 Å². The second-order valence-electron chi connectivity index (χ2n) is 3.67. The molecule has 1 heteroatoms. The molecule has 0 fully saturated rings. The van der Waals surface area contributed by atoms with E-state index in [-0.39, 0.29) is 0 Å². The van der Waals surface area contributed by atoms with E-state index in [4.69, 9.17) is 0 Å². The van der Waals surface area contributed by atoms with Crippen molar-refractivity contribution < 1.29 is 5.11 Å². The van der Waals surface area contributed by atoms with Crippen LogP contribution in [0.1, 0.15) is 12.5 Å². The van der Waals surface area contributed by atoms with Crippen LogP contribution in [0, 0.1) is 0 Å². The molecule has 0 unspecified atom stereocenters. The number of hydrogen-bond donors (Lipinski definition) is 1. The Balaban J connectivity index is 2.51. The lowest BCUT2D eigenvalue weighted by Gasteiger charge is -2.02. The third-order valence-corrected chi connectivity index (χ3v) is 2.38. The molecule has 2 rings (SSSR count). The van der Waals surface area contributed by atoms with Crippen molar-refractivity contribution in [1.82, 2.24) is 0 Å². The van der Waals surface area contributed by atoms with Gasteiger partial charge in [-0.05, 0) is 23.3 Å². The van der Waals surface area contributed by atoms with Crippen LogP contribution in [0.5, 0.6) is 0 Å². The first-order chi connectivity index (χ1) is 7.27. The standard InChI is InChI=1S/C14H14O/c1-11(15)9-10-13-7-4-6-12-5-2-3-8-14(12)13/h2-11,15H,1H3/b10-9+/t11-/m0/s1. The van der Waals surface area contributed by atoms with Gasteiger partial charge in [0.2, 0.25) is 0 Å². The van der Waals surface area contributed by atoms with E-state index in [0.717, 1.165) is 5.56 Å². The van der Waals surface area contributed by atoms with Gasteiger partial charge in [-0.2, -0.15) is 0 Å². The first-order valence-electron chi connectivity index (χ1n) is 5.11. The number of aliphatic hydroxyl groups excluding tert-OH is 1. The predicted octanol–water partition coefficient (Wildman–Crippen LogP) is 3.23. The van der Waals surface area contributed by atoms with Crippen LogP contribution >= 0.6 is 0 Å². The zero-order chi connectivity index (χ0) is 10.7. The molecule has 0 aromatic heterocycles. The van der Waals surface area contributed by atoms with Crippen molar-refractivity contribution >= 4 is 16.8 Å². The highest BCUT2D eigenvalue weighted by Crippen LogP contribution is 2.19. The van der Waals surface area contributed by atoms with Crippen LogP contribution in [0.4, 0.5) is 0 Å². The van der Waals surface area contributed by atoms with Gasteiger partial charge in [0.15, 0.2) is 0 Å². The van der Waals surface area contributed by atoms with Gasteiger partial charge in [-0.1, -0.05) is 54.6 Å². The number of aliphatic hydroxyl groups is 1. The molecule has 2 aromatic rings. The van der Waals surface area contributed by atoms with E-state index in [0.29, 0.717) is 0 Å². The van der Waals surface area contributed by atoms with Gasteiger partial charge in [0, 0.05) is 0 Å². The topological polar surface area (TPSA) is 20.2 Å². The Kier molecular flexibility index (Phi) is 2.84. The third kappa shape index (κ3) is 2.25. The maximum Gasteiger partial charge on any atom is 0.0696 e. The average molecular weight is 198 g/mol. The minimum atomic E-state index is -0.399. The third-order valence-electron chi connectivity index (χ3n) is 2.38. The summed E-state index contributed by atoms with van der Waals surface area (Å²) in [6, 6.07) is 14.4. The summed E-state index contributed by atoms with van der Waals surface area (Å²) in [6.07, 6.45) is 3.36. The Morgan fingerprint density at radius 1 is 1.07 bits per heavy atom. The van der Waals surface area contributed by atoms with E-state index in [1.54, 1.807) is 13.0 Å². The van der Waals surface area contributed by atoms with Crippen molar-refractivity contribution in [3.8, 4) is 0 Å². The summed E-state index contributed by atoms with van der Waals surface area (Å²) in [6.45, 7) is 1.75. The molecule has 0 aliphatic heterocycles. The summed E-state index contributed by atoms with van der Waals surface area (Å²) in [4.78, 5) is 0. The summed E-state index contributed by atoms with van der Waals surface area (Å²) in [5.74, 6) is 0. The van der Waals surface area contributed by atoms with Crippen molar-refractivity contribution in [1.29, 1.82) is 0 Å². The quantitative estimate of drug-likeness (QED) is 0.785. The molecule has 76 valence electrons. The van der Waals surface area contributed by atoms with Gasteiger partial charge in [-0.3, -0.25) is 0 Å². The van der Waals surface area contributed by atoms with Gasteiger partial charge in [0.1, 0.15) is 0 Å². The molecule has 1 nitrogen and oxygen atoms in total. The Morgan fingerprint density at radius 3 is 2.60 bits per heavy atom. The van der Waals surface area contributed by atoms with Crippen molar-refractivity contribution in [2.24, 2.45) is 0 Å². The van der Waals surface area contributed by atoms with Gasteiger partial charge < -0.3 is 5.11 Å². The molecule has 0 saturated heterocycles. The van der Waals surface area contributed by atoms with Crippen LogP contribution in [-0.4, -0.2) is 11.2 Å². The van der Waals surface area contributed by atoms with E-state index in [9.17, 15) is 5.11 Å². The zero-order valence-corrected chi connectivity index (χ0v) is 8.72. The molecule has 2 aromatic carbocycles. The number of rotatable bonds is 2. The molecule has 15 heavy (non-hydrogen) atoms. The van der Waals surface area contributed by atoms with Crippen LogP contribution in [0.15, 0.2) is 48.5 Å². The summed E-state index contributed by atoms with van der Waals surface area (Å²) in [7, 11) is 0. The lowest BCUT2D eigenvalue weighted by molar-refractivity contribution is 0.245. The van der Waals surface area contributed by atoms with E-state index in [1.807, 2.05) is 24.3 Å². The first-order valence-corrected chi connectivity index (χ1v) is 5.11. The van der Waals surface area contributed by atoms with E-state index < -0.39 is 6.10 Å². The summed E-state index contributed by atoms with van der Waals surface area (Å²) in [5, 5.41) is 11.6. The molecule has 0 spiro atoms. The molecule has 1 atom stereocenters. The van der Waals surface area contributed by atoms with E-state index in [2.05, 4.69) is 24.3 Å². The minimum absolute atomic E-state index is 0.399. The van der Waals surface area contributed by atoms with E-state index in [1.165, 1.54) is 10.8 Å².